The number of nitrogens with zero attached hydrogens (tertiary/aromatic N) is 2. The Labute approximate surface area is 147 Å². The number of anilines is 1. The molecule has 3 saturated heterocycles. The Morgan fingerprint density at radius 3 is 2.48 bits per heavy atom. The summed E-state index contributed by atoms with van der Waals surface area (Å²) in [7, 11) is 0. The molecule has 0 aliphatic carbocycles. The second-order valence-corrected chi connectivity index (χ2v) is 7.85. The lowest BCUT2D eigenvalue weighted by Crippen LogP contribution is -2.52. The van der Waals surface area contributed by atoms with Crippen LogP contribution in [-0.2, 0) is 6.54 Å². The van der Waals surface area contributed by atoms with Gasteiger partial charge in [0, 0.05) is 50.0 Å². The number of nitrogens with one attached hydrogen (secondary N) is 2. The predicted octanol–water partition coefficient (Wildman–Crippen LogP) is 1.47. The number of amides is 1. The largest absolute Gasteiger partial charge is 0.363 e. The molecule has 0 spiro atoms. The van der Waals surface area contributed by atoms with Crippen molar-refractivity contribution in [2.75, 3.05) is 31.1 Å². The van der Waals surface area contributed by atoms with Crippen LogP contribution in [0.15, 0.2) is 12.1 Å². The quantitative estimate of drug-likeness (QED) is 0.853. The van der Waals surface area contributed by atoms with E-state index < -0.39 is 0 Å². The first-order valence-electron chi connectivity index (χ1n) is 9.55. The molecule has 0 saturated carbocycles. The van der Waals surface area contributed by atoms with Crippen LogP contribution < -0.4 is 15.5 Å². The second kappa shape index (κ2) is 5.95. The molecule has 6 heteroatoms. The fraction of sp³-hybridized carbons (Fsp3) is 0.632. The highest BCUT2D eigenvalue weighted by atomic mass is 19.1. The number of piperazine rings is 1. The zero-order chi connectivity index (χ0) is 17.0. The normalized spacial score (nSPS) is 31.6. The molecular weight excluding hydrogens is 319 g/mol. The van der Waals surface area contributed by atoms with E-state index in [1.807, 2.05) is 4.90 Å². The van der Waals surface area contributed by atoms with Gasteiger partial charge in [0.2, 0.25) is 0 Å². The summed E-state index contributed by atoms with van der Waals surface area (Å²) in [6.45, 7) is 4.31. The third-order valence-corrected chi connectivity index (χ3v) is 6.36. The molecule has 3 fully saturated rings. The third kappa shape index (κ3) is 2.46. The van der Waals surface area contributed by atoms with E-state index in [9.17, 15) is 9.18 Å². The highest BCUT2D eigenvalue weighted by molar-refractivity contribution is 5.99. The van der Waals surface area contributed by atoms with Crippen LogP contribution in [0, 0.1) is 5.82 Å². The van der Waals surface area contributed by atoms with Gasteiger partial charge in [-0.05, 0) is 49.9 Å². The first kappa shape index (κ1) is 15.6. The number of hydrogen-bond donors (Lipinski definition) is 2. The molecule has 0 radical (unpaired) electrons. The standard InChI is InChI=1S/C19H25FN4O/c20-17-7-16(24-14-3-4-15(24)10-22-9-14)6-12-11-23(19(25)18(12)17)13-2-1-5-21-8-13/h6-7,13-15,21-22H,1-5,8-11H2. The van der Waals surface area contributed by atoms with Gasteiger partial charge in [0.05, 0.1) is 5.56 Å². The van der Waals surface area contributed by atoms with E-state index in [2.05, 4.69) is 21.6 Å². The molecule has 3 atom stereocenters. The number of benzene rings is 1. The summed E-state index contributed by atoms with van der Waals surface area (Å²) in [6, 6.07) is 4.75. The van der Waals surface area contributed by atoms with Gasteiger partial charge in [-0.1, -0.05) is 0 Å². The van der Waals surface area contributed by atoms with Crippen LogP contribution in [0.1, 0.15) is 41.6 Å². The molecule has 3 unspecified atom stereocenters. The number of carbonyl (C=O) groups is 1. The number of hydrogen-bond acceptors (Lipinski definition) is 4. The average Bonchev–Trinajstić information content (AvgIpc) is 3.09. The fourth-order valence-corrected chi connectivity index (χ4v) is 5.15. The molecule has 5 rings (SSSR count). The molecule has 1 aromatic carbocycles. The van der Waals surface area contributed by atoms with Crippen LogP contribution in [0.2, 0.25) is 0 Å². The highest BCUT2D eigenvalue weighted by Gasteiger charge is 2.40. The predicted molar refractivity (Wildman–Crippen MR) is 94.3 cm³/mol. The lowest BCUT2D eigenvalue weighted by atomic mass is 10.1. The summed E-state index contributed by atoms with van der Waals surface area (Å²) >= 11 is 0. The Morgan fingerprint density at radius 1 is 1.00 bits per heavy atom. The minimum absolute atomic E-state index is 0.129. The van der Waals surface area contributed by atoms with Gasteiger partial charge in [0.15, 0.2) is 0 Å². The van der Waals surface area contributed by atoms with Crippen molar-refractivity contribution in [3.05, 3.63) is 29.1 Å². The minimum atomic E-state index is -0.346. The molecule has 0 aromatic heterocycles. The van der Waals surface area contributed by atoms with Crippen molar-refractivity contribution in [3.8, 4) is 0 Å². The van der Waals surface area contributed by atoms with E-state index in [1.165, 1.54) is 0 Å². The number of fused-ring (bicyclic) bond motifs is 3. The Hall–Kier alpha value is -1.66. The van der Waals surface area contributed by atoms with E-state index in [4.69, 9.17) is 0 Å². The van der Waals surface area contributed by atoms with Gasteiger partial charge in [0.1, 0.15) is 5.82 Å². The van der Waals surface area contributed by atoms with Gasteiger partial charge >= 0.3 is 0 Å². The Kier molecular flexibility index (Phi) is 3.71. The minimum Gasteiger partial charge on any atom is -0.363 e. The molecule has 2 N–H and O–H groups in total. The molecule has 4 aliphatic heterocycles. The summed E-state index contributed by atoms with van der Waals surface area (Å²) in [5, 5.41) is 6.82. The topological polar surface area (TPSA) is 47.6 Å². The lowest BCUT2D eigenvalue weighted by Gasteiger charge is -2.37. The van der Waals surface area contributed by atoms with E-state index >= 15 is 0 Å². The van der Waals surface area contributed by atoms with Crippen molar-refractivity contribution in [1.82, 2.24) is 15.5 Å². The Morgan fingerprint density at radius 2 is 1.76 bits per heavy atom. The smallest absolute Gasteiger partial charge is 0.257 e. The van der Waals surface area contributed by atoms with E-state index in [0.717, 1.165) is 63.1 Å². The molecular formula is C19H25FN4O. The number of rotatable bonds is 2. The van der Waals surface area contributed by atoms with Crippen LogP contribution in [0.4, 0.5) is 10.1 Å². The van der Waals surface area contributed by atoms with E-state index in [0.29, 0.717) is 24.2 Å². The maximum absolute atomic E-state index is 14.9. The van der Waals surface area contributed by atoms with Crippen molar-refractivity contribution in [1.29, 1.82) is 0 Å². The molecule has 1 aromatic rings. The first-order valence-corrected chi connectivity index (χ1v) is 9.55. The SMILES string of the molecule is O=C1c2c(F)cc(N3C4CCC3CNC4)cc2CN1C1CCCNC1. The van der Waals surface area contributed by atoms with Gasteiger partial charge in [-0.3, -0.25) is 4.79 Å². The van der Waals surface area contributed by atoms with Gasteiger partial charge in [-0.2, -0.15) is 0 Å². The fourth-order valence-electron chi connectivity index (χ4n) is 5.15. The van der Waals surface area contributed by atoms with E-state index in [1.54, 1.807) is 6.07 Å². The maximum atomic E-state index is 14.9. The van der Waals surface area contributed by atoms with Crippen LogP contribution in [-0.4, -0.2) is 55.1 Å². The number of piperidine rings is 1. The number of halogens is 1. The van der Waals surface area contributed by atoms with Crippen molar-refractivity contribution < 1.29 is 9.18 Å². The summed E-state index contributed by atoms with van der Waals surface area (Å²) in [4.78, 5) is 17.0. The van der Waals surface area contributed by atoms with Crippen LogP contribution in [0.3, 0.4) is 0 Å². The molecule has 25 heavy (non-hydrogen) atoms. The van der Waals surface area contributed by atoms with Crippen LogP contribution in [0.5, 0.6) is 0 Å². The second-order valence-electron chi connectivity index (χ2n) is 7.85. The van der Waals surface area contributed by atoms with Crippen LogP contribution >= 0.6 is 0 Å². The zero-order valence-electron chi connectivity index (χ0n) is 14.4. The lowest BCUT2D eigenvalue weighted by molar-refractivity contribution is 0.0671. The average molecular weight is 344 g/mol. The van der Waals surface area contributed by atoms with Crippen molar-refractivity contribution >= 4 is 11.6 Å². The molecule has 5 nitrogen and oxygen atoms in total. The van der Waals surface area contributed by atoms with Crippen molar-refractivity contribution in [2.45, 2.75) is 50.4 Å². The highest BCUT2D eigenvalue weighted by Crippen LogP contribution is 2.37. The Balaban J connectivity index is 1.46. The number of carbonyl (C=O) groups excluding carboxylic acids is 1. The van der Waals surface area contributed by atoms with Gasteiger partial charge < -0.3 is 20.4 Å². The van der Waals surface area contributed by atoms with Gasteiger partial charge in [0.25, 0.3) is 5.91 Å². The van der Waals surface area contributed by atoms with E-state index in [-0.39, 0.29) is 17.8 Å². The zero-order valence-corrected chi connectivity index (χ0v) is 14.4. The molecule has 134 valence electrons. The van der Waals surface area contributed by atoms with Gasteiger partial charge in [-0.15, -0.1) is 0 Å². The monoisotopic (exact) mass is 344 g/mol. The molecule has 4 aliphatic rings. The van der Waals surface area contributed by atoms with Gasteiger partial charge in [-0.25, -0.2) is 4.39 Å². The summed E-state index contributed by atoms with van der Waals surface area (Å²) in [6.07, 6.45) is 4.40. The molecule has 1 amide bonds. The third-order valence-electron chi connectivity index (χ3n) is 6.36. The first-order chi connectivity index (χ1) is 12.2. The summed E-state index contributed by atoms with van der Waals surface area (Å²) in [5.74, 6) is -0.474. The molecule has 2 bridgehead atoms. The molecule has 4 heterocycles. The maximum Gasteiger partial charge on any atom is 0.257 e. The van der Waals surface area contributed by atoms with Crippen molar-refractivity contribution in [3.63, 3.8) is 0 Å². The summed E-state index contributed by atoms with van der Waals surface area (Å²) < 4.78 is 14.9. The van der Waals surface area contributed by atoms with Crippen molar-refractivity contribution in [2.24, 2.45) is 0 Å². The Bertz CT molecular complexity index is 687. The van der Waals surface area contributed by atoms with Crippen LogP contribution in [0.25, 0.3) is 0 Å². The summed E-state index contributed by atoms with van der Waals surface area (Å²) in [5.41, 5.74) is 2.13.